The average molecular weight is 479 g/mol. The first-order valence-corrected chi connectivity index (χ1v) is 11.0. The van der Waals surface area contributed by atoms with Crippen molar-refractivity contribution in [3.8, 4) is 23.3 Å². The van der Waals surface area contributed by atoms with Gasteiger partial charge in [-0.15, -0.1) is 0 Å². The number of carbonyl (C=O) groups is 2. The largest absolute Gasteiger partial charge is 0.497 e. The van der Waals surface area contributed by atoms with Gasteiger partial charge in [0.2, 0.25) is 0 Å². The number of esters is 1. The zero-order valence-electron chi connectivity index (χ0n) is 19.6. The summed E-state index contributed by atoms with van der Waals surface area (Å²) in [5.41, 5.74) is 1.39. The van der Waals surface area contributed by atoms with Gasteiger partial charge in [0.15, 0.2) is 11.5 Å². The number of hydrogen-bond acceptors (Lipinski definition) is 6. The topological polar surface area (TPSA) is 97.7 Å². The molecule has 7 nitrogen and oxygen atoms in total. The van der Waals surface area contributed by atoms with E-state index >= 15 is 0 Å². The highest BCUT2D eigenvalue weighted by atomic mass is 16.6. The molecule has 0 aliphatic rings. The molecule has 0 radical (unpaired) electrons. The molecule has 0 aliphatic carbocycles. The lowest BCUT2D eigenvalue weighted by Crippen LogP contribution is -2.13. The number of carbonyl (C=O) groups excluding carboxylic acids is 2. The van der Waals surface area contributed by atoms with Crippen LogP contribution < -0.4 is 19.5 Å². The van der Waals surface area contributed by atoms with Gasteiger partial charge in [-0.1, -0.05) is 42.5 Å². The van der Waals surface area contributed by atoms with E-state index in [0.29, 0.717) is 22.6 Å². The Balaban J connectivity index is 1.54. The van der Waals surface area contributed by atoms with Crippen LogP contribution in [0.4, 0.5) is 5.69 Å². The number of hydrogen-bond donors (Lipinski definition) is 1. The van der Waals surface area contributed by atoms with E-state index in [1.807, 2.05) is 42.5 Å². The molecule has 0 bridgehead atoms. The maximum atomic E-state index is 12.8. The minimum absolute atomic E-state index is 0.0898. The van der Waals surface area contributed by atoms with Crippen molar-refractivity contribution in [3.05, 3.63) is 102 Å². The molecular weight excluding hydrogens is 456 g/mol. The Morgan fingerprint density at radius 1 is 0.861 bits per heavy atom. The molecule has 178 valence electrons. The molecule has 1 N–H and O–H groups in total. The predicted molar refractivity (Wildman–Crippen MR) is 137 cm³/mol. The molecule has 0 fully saturated rings. The van der Waals surface area contributed by atoms with E-state index < -0.39 is 11.9 Å². The molecule has 4 aromatic carbocycles. The van der Waals surface area contributed by atoms with Crippen molar-refractivity contribution in [1.29, 1.82) is 5.26 Å². The minimum Gasteiger partial charge on any atom is -0.497 e. The van der Waals surface area contributed by atoms with E-state index in [-0.39, 0.29) is 17.1 Å². The molecule has 36 heavy (non-hydrogen) atoms. The van der Waals surface area contributed by atoms with Gasteiger partial charge in [-0.25, -0.2) is 4.79 Å². The lowest BCUT2D eigenvalue weighted by molar-refractivity contribution is -0.112. The molecule has 0 unspecified atom stereocenters. The summed E-state index contributed by atoms with van der Waals surface area (Å²) in [6.07, 6.45) is 1.44. The third-order valence-electron chi connectivity index (χ3n) is 5.43. The van der Waals surface area contributed by atoms with Crippen molar-refractivity contribution in [1.82, 2.24) is 0 Å². The third-order valence-corrected chi connectivity index (χ3v) is 5.43. The second-order valence-electron chi connectivity index (χ2n) is 7.68. The first-order valence-electron chi connectivity index (χ1n) is 11.0. The van der Waals surface area contributed by atoms with E-state index in [0.717, 1.165) is 10.8 Å². The fraction of sp³-hybridized carbons (Fsp3) is 0.0690. The van der Waals surface area contributed by atoms with Crippen LogP contribution in [0.3, 0.4) is 0 Å². The van der Waals surface area contributed by atoms with Crippen LogP contribution in [0.2, 0.25) is 0 Å². The van der Waals surface area contributed by atoms with E-state index in [2.05, 4.69) is 5.32 Å². The summed E-state index contributed by atoms with van der Waals surface area (Å²) < 4.78 is 15.9. The number of ether oxygens (including phenoxy) is 3. The maximum absolute atomic E-state index is 12.8. The first kappa shape index (κ1) is 24.0. The van der Waals surface area contributed by atoms with E-state index in [1.165, 1.54) is 13.2 Å². The fourth-order valence-corrected chi connectivity index (χ4v) is 3.58. The monoisotopic (exact) mass is 478 g/mol. The van der Waals surface area contributed by atoms with Gasteiger partial charge < -0.3 is 19.5 Å². The molecule has 0 atom stereocenters. The van der Waals surface area contributed by atoms with Crippen molar-refractivity contribution in [2.45, 2.75) is 0 Å². The van der Waals surface area contributed by atoms with Crippen LogP contribution in [-0.2, 0) is 4.79 Å². The van der Waals surface area contributed by atoms with Gasteiger partial charge in [0.05, 0.1) is 19.8 Å². The van der Waals surface area contributed by atoms with E-state index in [4.69, 9.17) is 14.2 Å². The van der Waals surface area contributed by atoms with Crippen LogP contribution in [0, 0.1) is 11.3 Å². The number of methoxy groups -OCH3 is 2. The normalized spacial score (nSPS) is 10.9. The molecule has 0 spiro atoms. The summed E-state index contributed by atoms with van der Waals surface area (Å²) in [6.45, 7) is 0. The molecule has 0 aliphatic heterocycles. The number of rotatable bonds is 7. The Kier molecular flexibility index (Phi) is 7.28. The number of benzene rings is 4. The summed E-state index contributed by atoms with van der Waals surface area (Å²) in [5.74, 6) is -0.00106. The van der Waals surface area contributed by atoms with E-state index in [9.17, 15) is 14.9 Å². The Labute approximate surface area is 208 Å². The van der Waals surface area contributed by atoms with Crippen LogP contribution in [-0.4, -0.2) is 26.1 Å². The zero-order chi connectivity index (χ0) is 25.5. The molecule has 7 heteroatoms. The Morgan fingerprint density at radius 2 is 1.61 bits per heavy atom. The second kappa shape index (κ2) is 10.9. The van der Waals surface area contributed by atoms with Crippen molar-refractivity contribution >= 4 is 34.4 Å². The minimum atomic E-state index is -0.563. The first-order chi connectivity index (χ1) is 17.5. The van der Waals surface area contributed by atoms with Crippen LogP contribution in [0.5, 0.6) is 17.2 Å². The lowest BCUT2D eigenvalue weighted by atomic mass is 10.1. The van der Waals surface area contributed by atoms with Crippen LogP contribution >= 0.6 is 0 Å². The SMILES string of the molecule is COc1ccc(C(=O)Oc2ccc(/C=C(\C#N)C(=O)Nc3cccc4ccccc34)cc2OC)cc1. The van der Waals surface area contributed by atoms with Gasteiger partial charge >= 0.3 is 5.97 Å². The van der Waals surface area contributed by atoms with Gasteiger partial charge in [-0.2, -0.15) is 5.26 Å². The molecule has 0 saturated heterocycles. The average Bonchev–Trinajstić information content (AvgIpc) is 2.92. The standard InChI is InChI=1S/C29H22N2O5/c1-34-23-13-11-21(12-14-23)29(33)36-26-15-10-19(17-27(26)35-2)16-22(18-30)28(32)31-25-9-5-7-20-6-3-4-8-24(20)25/h3-17H,1-2H3,(H,31,32)/b22-16+. The van der Waals surface area contributed by atoms with Crippen molar-refractivity contribution in [2.75, 3.05) is 19.5 Å². The Hall–Kier alpha value is -5.09. The van der Waals surface area contributed by atoms with Crippen LogP contribution in [0.15, 0.2) is 90.5 Å². The van der Waals surface area contributed by atoms with Crippen LogP contribution in [0.1, 0.15) is 15.9 Å². The van der Waals surface area contributed by atoms with Gasteiger partial charge in [-0.3, -0.25) is 4.79 Å². The summed E-state index contributed by atoms with van der Waals surface area (Å²) in [7, 11) is 2.98. The summed E-state index contributed by atoms with van der Waals surface area (Å²) in [5, 5.41) is 14.3. The van der Waals surface area contributed by atoms with Crippen molar-refractivity contribution in [3.63, 3.8) is 0 Å². The predicted octanol–water partition coefficient (Wildman–Crippen LogP) is 5.62. The number of fused-ring (bicyclic) bond motifs is 1. The number of nitriles is 1. The highest BCUT2D eigenvalue weighted by Crippen LogP contribution is 2.30. The molecule has 0 heterocycles. The molecule has 4 aromatic rings. The quantitative estimate of drug-likeness (QED) is 0.160. The Bertz CT molecular complexity index is 1500. The number of nitrogens with zero attached hydrogens (tertiary/aromatic N) is 1. The number of amides is 1. The van der Waals surface area contributed by atoms with Crippen LogP contribution in [0.25, 0.3) is 16.8 Å². The molecule has 1 amide bonds. The highest BCUT2D eigenvalue weighted by Gasteiger charge is 2.15. The van der Waals surface area contributed by atoms with Gasteiger partial charge in [0.1, 0.15) is 17.4 Å². The Morgan fingerprint density at radius 3 is 2.33 bits per heavy atom. The summed E-state index contributed by atoms with van der Waals surface area (Å²) in [6, 6.07) is 26.4. The zero-order valence-corrected chi connectivity index (χ0v) is 19.6. The summed E-state index contributed by atoms with van der Waals surface area (Å²) in [4.78, 5) is 25.4. The number of nitrogens with one attached hydrogen (secondary N) is 1. The van der Waals surface area contributed by atoms with E-state index in [1.54, 1.807) is 55.6 Å². The molecule has 0 aromatic heterocycles. The maximum Gasteiger partial charge on any atom is 0.343 e. The fourth-order valence-electron chi connectivity index (χ4n) is 3.58. The molecule has 4 rings (SSSR count). The number of anilines is 1. The molecule has 0 saturated carbocycles. The highest BCUT2D eigenvalue weighted by molar-refractivity contribution is 6.13. The lowest BCUT2D eigenvalue weighted by Gasteiger charge is -2.11. The smallest absolute Gasteiger partial charge is 0.343 e. The van der Waals surface area contributed by atoms with Gasteiger partial charge in [0.25, 0.3) is 5.91 Å². The van der Waals surface area contributed by atoms with Crippen molar-refractivity contribution in [2.24, 2.45) is 0 Å². The van der Waals surface area contributed by atoms with Gasteiger partial charge in [-0.05, 0) is 59.5 Å². The van der Waals surface area contributed by atoms with Gasteiger partial charge in [0, 0.05) is 11.1 Å². The van der Waals surface area contributed by atoms with Crippen molar-refractivity contribution < 1.29 is 23.8 Å². The summed E-state index contributed by atoms with van der Waals surface area (Å²) >= 11 is 0. The molecular formula is C29H22N2O5. The second-order valence-corrected chi connectivity index (χ2v) is 7.68. The third kappa shape index (κ3) is 5.34.